The van der Waals surface area contributed by atoms with Crippen LogP contribution in [0.3, 0.4) is 0 Å². The number of aryl methyl sites for hydroxylation is 1. The molecule has 0 saturated carbocycles. The van der Waals surface area contributed by atoms with Gasteiger partial charge in [0.25, 0.3) is 0 Å². The van der Waals surface area contributed by atoms with Crippen molar-refractivity contribution in [2.75, 3.05) is 6.61 Å². The number of ether oxygens (including phenoxy) is 1. The van der Waals surface area contributed by atoms with Crippen molar-refractivity contribution in [3.05, 3.63) is 53.1 Å². The lowest BCUT2D eigenvalue weighted by molar-refractivity contribution is 0.0485. The summed E-state index contributed by atoms with van der Waals surface area (Å²) in [5.41, 5.74) is -0.622. The summed E-state index contributed by atoms with van der Waals surface area (Å²) in [4.78, 5) is 25.0. The van der Waals surface area contributed by atoms with E-state index in [4.69, 9.17) is 4.74 Å². The lowest BCUT2D eigenvalue weighted by atomic mass is 10.1. The smallest absolute Gasteiger partial charge is 0.358 e. The fourth-order valence-electron chi connectivity index (χ4n) is 3.71. The third kappa shape index (κ3) is 8.86. The van der Waals surface area contributed by atoms with Crippen molar-refractivity contribution in [1.82, 2.24) is 0 Å². The summed E-state index contributed by atoms with van der Waals surface area (Å²) in [5, 5.41) is 20.4. The Labute approximate surface area is 213 Å². The van der Waals surface area contributed by atoms with E-state index in [1.54, 1.807) is 6.92 Å². The number of phenolic OH excluding ortho intramolecular Hbond substituents is 2. The molecule has 0 radical (unpaired) electrons. The summed E-state index contributed by atoms with van der Waals surface area (Å²) in [6, 6.07) is 7.57. The van der Waals surface area contributed by atoms with Gasteiger partial charge in [-0.25, -0.2) is 9.59 Å². The standard InChI is InChI=1S/C27H36O8S/c1-3-4-5-6-7-8-9-10-11-12-19-34-26(30)24-22(28)17-18-23(29)25(24)27(31)35-36(32,33)21-15-13-20(2)14-16-21/h13-18,28-29H,3-12,19H2,1-2H3. The zero-order valence-corrected chi connectivity index (χ0v) is 21.8. The minimum atomic E-state index is -4.53. The fourth-order valence-corrected chi connectivity index (χ4v) is 4.56. The number of aromatic hydroxyl groups is 2. The van der Waals surface area contributed by atoms with Crippen LogP contribution in [0.4, 0.5) is 0 Å². The number of rotatable bonds is 15. The normalized spacial score (nSPS) is 11.3. The Morgan fingerprint density at radius 1 is 0.722 bits per heavy atom. The maximum absolute atomic E-state index is 12.7. The molecule has 0 heterocycles. The van der Waals surface area contributed by atoms with Crippen LogP contribution in [0.25, 0.3) is 0 Å². The van der Waals surface area contributed by atoms with E-state index < -0.39 is 44.7 Å². The number of hydrogen-bond acceptors (Lipinski definition) is 8. The van der Waals surface area contributed by atoms with E-state index in [-0.39, 0.29) is 11.5 Å². The fraction of sp³-hybridized carbons (Fsp3) is 0.481. The van der Waals surface area contributed by atoms with Crippen LogP contribution in [-0.4, -0.2) is 37.2 Å². The lowest BCUT2D eigenvalue weighted by Crippen LogP contribution is -2.18. The number of hydrogen-bond donors (Lipinski definition) is 2. The van der Waals surface area contributed by atoms with Gasteiger partial charge in [-0.3, -0.25) is 0 Å². The largest absolute Gasteiger partial charge is 0.507 e. The van der Waals surface area contributed by atoms with Crippen molar-refractivity contribution >= 4 is 22.1 Å². The predicted octanol–water partition coefficient (Wildman–Crippen LogP) is 6.03. The summed E-state index contributed by atoms with van der Waals surface area (Å²) in [6.45, 7) is 4.01. The molecule has 0 atom stereocenters. The number of carbonyl (C=O) groups is 2. The molecule has 0 saturated heterocycles. The zero-order valence-electron chi connectivity index (χ0n) is 21.0. The molecule has 198 valence electrons. The van der Waals surface area contributed by atoms with E-state index in [2.05, 4.69) is 11.1 Å². The highest BCUT2D eigenvalue weighted by molar-refractivity contribution is 7.87. The van der Waals surface area contributed by atoms with Crippen LogP contribution in [0.5, 0.6) is 11.5 Å². The molecule has 0 aromatic heterocycles. The Morgan fingerprint density at radius 2 is 1.19 bits per heavy atom. The van der Waals surface area contributed by atoms with Gasteiger partial charge in [-0.2, -0.15) is 8.42 Å². The molecule has 0 aliphatic rings. The summed E-state index contributed by atoms with van der Waals surface area (Å²) >= 11 is 0. The quantitative estimate of drug-likeness (QED) is 0.126. The van der Waals surface area contributed by atoms with Crippen LogP contribution in [0, 0.1) is 6.92 Å². The van der Waals surface area contributed by atoms with Gasteiger partial charge in [0, 0.05) is 0 Å². The number of unbranched alkanes of at least 4 members (excludes halogenated alkanes) is 9. The molecular formula is C27H36O8S. The van der Waals surface area contributed by atoms with Crippen LogP contribution in [0.2, 0.25) is 0 Å². The summed E-state index contributed by atoms with van der Waals surface area (Å²) in [6.07, 6.45) is 11.0. The van der Waals surface area contributed by atoms with E-state index in [1.807, 2.05) is 0 Å². The average Bonchev–Trinajstić information content (AvgIpc) is 2.83. The second-order valence-electron chi connectivity index (χ2n) is 8.81. The van der Waals surface area contributed by atoms with Gasteiger partial charge in [-0.05, 0) is 37.6 Å². The van der Waals surface area contributed by atoms with E-state index in [0.717, 1.165) is 37.0 Å². The highest BCUT2D eigenvalue weighted by Crippen LogP contribution is 2.31. The molecule has 0 unspecified atom stereocenters. The first-order chi connectivity index (χ1) is 17.2. The maximum atomic E-state index is 12.7. The van der Waals surface area contributed by atoms with Gasteiger partial charge < -0.3 is 19.1 Å². The summed E-state index contributed by atoms with van der Waals surface area (Å²) in [7, 11) is -4.53. The highest BCUT2D eigenvalue weighted by atomic mass is 32.2. The molecule has 0 bridgehead atoms. The third-order valence-corrected chi connectivity index (χ3v) is 7.02. The molecule has 9 heteroatoms. The Kier molecular flexibility index (Phi) is 11.7. The minimum absolute atomic E-state index is 0.0561. The van der Waals surface area contributed by atoms with E-state index in [9.17, 15) is 28.2 Å². The maximum Gasteiger partial charge on any atom is 0.358 e. The SMILES string of the molecule is CCCCCCCCCCCCOC(=O)c1c(O)ccc(O)c1C(=O)OS(=O)(=O)c1ccc(C)cc1. The first-order valence-corrected chi connectivity index (χ1v) is 13.9. The molecule has 0 aliphatic heterocycles. The van der Waals surface area contributed by atoms with Crippen LogP contribution in [0.15, 0.2) is 41.3 Å². The van der Waals surface area contributed by atoms with Gasteiger partial charge in [0.05, 0.1) is 6.61 Å². The van der Waals surface area contributed by atoms with Gasteiger partial charge in [0.15, 0.2) is 0 Å². The molecule has 2 aromatic rings. The average molecular weight is 521 g/mol. The van der Waals surface area contributed by atoms with Crippen LogP contribution >= 0.6 is 0 Å². The highest BCUT2D eigenvalue weighted by Gasteiger charge is 2.31. The molecule has 36 heavy (non-hydrogen) atoms. The van der Waals surface area contributed by atoms with Crippen LogP contribution in [-0.2, 0) is 19.0 Å². The van der Waals surface area contributed by atoms with Crippen molar-refractivity contribution in [2.45, 2.75) is 83.0 Å². The molecule has 0 spiro atoms. The predicted molar refractivity (Wildman–Crippen MR) is 136 cm³/mol. The third-order valence-electron chi connectivity index (χ3n) is 5.80. The number of carbonyl (C=O) groups excluding carboxylic acids is 2. The minimum Gasteiger partial charge on any atom is -0.507 e. The molecule has 8 nitrogen and oxygen atoms in total. The Bertz CT molecular complexity index is 1110. The van der Waals surface area contributed by atoms with E-state index >= 15 is 0 Å². The molecule has 0 aliphatic carbocycles. The summed E-state index contributed by atoms with van der Waals surface area (Å²) in [5.74, 6) is -3.92. The van der Waals surface area contributed by atoms with E-state index in [1.165, 1.54) is 62.8 Å². The summed E-state index contributed by atoms with van der Waals surface area (Å²) < 4.78 is 34.8. The Hall–Kier alpha value is -3.07. The number of phenols is 2. The zero-order chi connectivity index (χ0) is 26.6. The van der Waals surface area contributed by atoms with Gasteiger partial charge in [0.1, 0.15) is 27.5 Å². The van der Waals surface area contributed by atoms with Crippen molar-refractivity contribution in [3.8, 4) is 11.5 Å². The molecule has 2 rings (SSSR count). The molecular weight excluding hydrogens is 484 g/mol. The van der Waals surface area contributed by atoms with Crippen LogP contribution in [0.1, 0.15) is 97.4 Å². The first-order valence-electron chi connectivity index (χ1n) is 12.4. The topological polar surface area (TPSA) is 127 Å². The van der Waals surface area contributed by atoms with Crippen molar-refractivity contribution in [1.29, 1.82) is 0 Å². The van der Waals surface area contributed by atoms with Crippen molar-refractivity contribution in [2.24, 2.45) is 0 Å². The van der Waals surface area contributed by atoms with Crippen molar-refractivity contribution in [3.63, 3.8) is 0 Å². The van der Waals surface area contributed by atoms with Gasteiger partial charge in [-0.1, -0.05) is 82.4 Å². The first kappa shape index (κ1) is 29.2. The molecule has 0 fully saturated rings. The second-order valence-corrected chi connectivity index (χ2v) is 10.4. The van der Waals surface area contributed by atoms with Gasteiger partial charge in [0.2, 0.25) is 0 Å². The molecule has 2 N–H and O–H groups in total. The number of esters is 1. The molecule has 0 amide bonds. The monoisotopic (exact) mass is 520 g/mol. The van der Waals surface area contributed by atoms with Crippen molar-refractivity contribution < 1.29 is 37.1 Å². The Balaban J connectivity index is 1.94. The molecule has 2 aromatic carbocycles. The van der Waals surface area contributed by atoms with E-state index in [0.29, 0.717) is 6.42 Å². The second kappa shape index (κ2) is 14.5. The Morgan fingerprint density at radius 3 is 1.72 bits per heavy atom. The van der Waals surface area contributed by atoms with Crippen LogP contribution < -0.4 is 0 Å². The lowest BCUT2D eigenvalue weighted by Gasteiger charge is -2.13. The van der Waals surface area contributed by atoms with Gasteiger partial charge in [-0.15, -0.1) is 0 Å². The van der Waals surface area contributed by atoms with Gasteiger partial charge >= 0.3 is 22.1 Å². The number of benzene rings is 2.